The lowest BCUT2D eigenvalue weighted by Crippen LogP contribution is -1.90. The van der Waals surface area contributed by atoms with Gasteiger partial charge in [0.15, 0.2) is 0 Å². The van der Waals surface area contributed by atoms with Crippen molar-refractivity contribution in [3.05, 3.63) is 170 Å². The molecule has 0 aliphatic rings. The number of fused-ring (bicyclic) bond motifs is 8. The van der Waals surface area contributed by atoms with Crippen LogP contribution in [0.4, 0.5) is 0 Å². The summed E-state index contributed by atoms with van der Waals surface area (Å²) >= 11 is 0. The maximum Gasteiger partial charge on any atom is 0.143 e. The van der Waals surface area contributed by atoms with Gasteiger partial charge in [-0.25, -0.2) is 0 Å². The fourth-order valence-electron chi connectivity index (χ4n) is 9.07. The van der Waals surface area contributed by atoms with E-state index in [0.29, 0.717) is 0 Å². The summed E-state index contributed by atoms with van der Waals surface area (Å²) in [6.45, 7) is 0. The van der Waals surface area contributed by atoms with Gasteiger partial charge in [0.1, 0.15) is 11.2 Å². The molecule has 11 aromatic carbocycles. The number of rotatable bonds is 2. The molecule has 51 heavy (non-hydrogen) atoms. The second-order valence-corrected chi connectivity index (χ2v) is 14.0. The van der Waals surface area contributed by atoms with Crippen LogP contribution in [0.25, 0.3) is 120 Å². The Hall–Kier alpha value is -6.70. The Balaban J connectivity index is 1.26. The topological polar surface area (TPSA) is 13.1 Å². The maximum atomic E-state index is 7.09. The second kappa shape index (κ2) is 9.94. The Labute approximate surface area is 292 Å². The Morgan fingerprint density at radius 2 is 0.843 bits per heavy atom. The van der Waals surface area contributed by atoms with Gasteiger partial charge in [0.25, 0.3) is 0 Å². The van der Waals surface area contributed by atoms with E-state index in [-0.39, 0.29) is 0 Å². The molecule has 0 unspecified atom stereocenters. The summed E-state index contributed by atoms with van der Waals surface area (Å²) in [7, 11) is 0. The quantitative estimate of drug-likeness (QED) is 0.135. The molecule has 234 valence electrons. The molecule has 0 aliphatic heterocycles. The Bertz CT molecular complexity index is 3400. The molecular formula is C50H28O. The summed E-state index contributed by atoms with van der Waals surface area (Å²) in [6, 6.07) is 62.6. The zero-order chi connectivity index (χ0) is 33.2. The molecule has 0 spiro atoms. The summed E-state index contributed by atoms with van der Waals surface area (Å²) in [4.78, 5) is 0. The molecule has 0 saturated carbocycles. The van der Waals surface area contributed by atoms with Crippen molar-refractivity contribution in [2.75, 3.05) is 0 Å². The minimum atomic E-state index is 0.908. The van der Waals surface area contributed by atoms with E-state index < -0.39 is 0 Å². The molecule has 12 rings (SSSR count). The van der Waals surface area contributed by atoms with Gasteiger partial charge in [-0.2, -0.15) is 0 Å². The summed E-state index contributed by atoms with van der Waals surface area (Å²) in [5.41, 5.74) is 6.57. The van der Waals surface area contributed by atoms with E-state index in [1.807, 2.05) is 0 Å². The van der Waals surface area contributed by atoms with Gasteiger partial charge in [-0.15, -0.1) is 0 Å². The highest BCUT2D eigenvalue weighted by molar-refractivity contribution is 6.29. The third-order valence-corrected chi connectivity index (χ3v) is 11.3. The van der Waals surface area contributed by atoms with Crippen molar-refractivity contribution in [1.82, 2.24) is 0 Å². The van der Waals surface area contributed by atoms with Crippen LogP contribution in [0.2, 0.25) is 0 Å². The largest absolute Gasteiger partial charge is 0.455 e. The van der Waals surface area contributed by atoms with Crippen molar-refractivity contribution in [2.24, 2.45) is 0 Å². The molecule has 1 heteroatoms. The predicted octanol–water partition coefficient (Wildman–Crippen LogP) is 14.4. The first-order valence-corrected chi connectivity index (χ1v) is 17.7. The zero-order valence-corrected chi connectivity index (χ0v) is 27.6. The van der Waals surface area contributed by atoms with E-state index in [2.05, 4.69) is 170 Å². The highest BCUT2D eigenvalue weighted by atomic mass is 16.3. The molecule has 0 atom stereocenters. The van der Waals surface area contributed by atoms with Crippen molar-refractivity contribution < 1.29 is 4.42 Å². The van der Waals surface area contributed by atoms with Crippen molar-refractivity contribution in [3.63, 3.8) is 0 Å². The van der Waals surface area contributed by atoms with Crippen molar-refractivity contribution in [3.8, 4) is 22.3 Å². The van der Waals surface area contributed by atoms with Crippen molar-refractivity contribution in [1.29, 1.82) is 0 Å². The molecule has 12 aromatic rings. The highest BCUT2D eigenvalue weighted by Crippen LogP contribution is 2.49. The van der Waals surface area contributed by atoms with Crippen molar-refractivity contribution >= 4 is 97.3 Å². The van der Waals surface area contributed by atoms with Gasteiger partial charge in [-0.05, 0) is 116 Å². The SMILES string of the molecule is c1ccc2cc3c(cc2c1)oc1c(-c2ccc4ccc5cccc6ccc2c4c56)ccc(-c2c4ccccc4cc4c2ccc2ccccc24)c13. The number of furan rings is 1. The standard InChI is InChI=1S/C50H28O/c1-2-10-34-28-45-44(26-33(34)9-1)49-42(48-37-15-6-4-11-35(37)27-43-36-14-5-3-8-29(36)18-22-40(43)48)25-24-41(50(49)51-45)38-21-19-32-17-16-30-12-7-13-31-20-23-39(38)47(32)46(30)31/h1-28H. The zero-order valence-electron chi connectivity index (χ0n) is 27.6. The predicted molar refractivity (Wildman–Crippen MR) is 218 cm³/mol. The van der Waals surface area contributed by atoms with E-state index in [9.17, 15) is 0 Å². The van der Waals surface area contributed by atoms with Gasteiger partial charge in [-0.3, -0.25) is 0 Å². The van der Waals surface area contributed by atoms with Gasteiger partial charge in [0.2, 0.25) is 0 Å². The van der Waals surface area contributed by atoms with Gasteiger partial charge in [0, 0.05) is 16.3 Å². The lowest BCUT2D eigenvalue weighted by Gasteiger charge is -2.17. The smallest absolute Gasteiger partial charge is 0.143 e. The first kappa shape index (κ1) is 27.2. The third kappa shape index (κ3) is 3.70. The molecule has 0 saturated heterocycles. The molecule has 0 radical (unpaired) electrons. The monoisotopic (exact) mass is 644 g/mol. The minimum Gasteiger partial charge on any atom is -0.455 e. The minimum absolute atomic E-state index is 0.908. The molecule has 0 bridgehead atoms. The van der Waals surface area contributed by atoms with Crippen LogP contribution < -0.4 is 0 Å². The second-order valence-electron chi connectivity index (χ2n) is 14.0. The van der Waals surface area contributed by atoms with Gasteiger partial charge in [-0.1, -0.05) is 146 Å². The molecule has 1 nitrogen and oxygen atoms in total. The Morgan fingerprint density at radius 3 is 1.69 bits per heavy atom. The average molecular weight is 645 g/mol. The first-order chi connectivity index (χ1) is 25.3. The molecular weight excluding hydrogens is 617 g/mol. The fraction of sp³-hybridized carbons (Fsp3) is 0. The van der Waals surface area contributed by atoms with Crippen LogP contribution in [-0.4, -0.2) is 0 Å². The lowest BCUT2D eigenvalue weighted by atomic mass is 9.85. The van der Waals surface area contributed by atoms with E-state index >= 15 is 0 Å². The molecule has 1 aromatic heterocycles. The molecule has 1 heterocycles. The van der Waals surface area contributed by atoms with Crippen LogP contribution in [0, 0.1) is 0 Å². The van der Waals surface area contributed by atoms with Crippen LogP contribution in [0.1, 0.15) is 0 Å². The van der Waals surface area contributed by atoms with Gasteiger partial charge >= 0.3 is 0 Å². The van der Waals surface area contributed by atoms with Gasteiger partial charge < -0.3 is 4.42 Å². The summed E-state index contributed by atoms with van der Waals surface area (Å²) in [6.07, 6.45) is 0. The summed E-state index contributed by atoms with van der Waals surface area (Å²) in [5.74, 6) is 0. The van der Waals surface area contributed by atoms with E-state index in [4.69, 9.17) is 4.42 Å². The van der Waals surface area contributed by atoms with Gasteiger partial charge in [0.05, 0.1) is 0 Å². The highest BCUT2D eigenvalue weighted by Gasteiger charge is 2.23. The molecule has 0 amide bonds. The molecule has 0 fully saturated rings. The molecule has 0 N–H and O–H groups in total. The Kier molecular flexibility index (Phi) is 5.29. The number of hydrogen-bond donors (Lipinski definition) is 0. The summed E-state index contributed by atoms with van der Waals surface area (Å²) in [5, 5.41) is 19.9. The average Bonchev–Trinajstić information content (AvgIpc) is 3.56. The maximum absolute atomic E-state index is 7.09. The van der Waals surface area contributed by atoms with E-state index in [0.717, 1.165) is 27.5 Å². The van der Waals surface area contributed by atoms with E-state index in [1.165, 1.54) is 92.1 Å². The fourth-order valence-corrected chi connectivity index (χ4v) is 9.07. The summed E-state index contributed by atoms with van der Waals surface area (Å²) < 4.78 is 7.09. The Morgan fingerprint density at radius 1 is 0.275 bits per heavy atom. The van der Waals surface area contributed by atoms with Crippen LogP contribution in [0.5, 0.6) is 0 Å². The first-order valence-electron chi connectivity index (χ1n) is 17.7. The normalized spacial score (nSPS) is 12.3. The van der Waals surface area contributed by atoms with Crippen LogP contribution >= 0.6 is 0 Å². The number of benzene rings is 11. The van der Waals surface area contributed by atoms with E-state index in [1.54, 1.807) is 0 Å². The van der Waals surface area contributed by atoms with Crippen LogP contribution in [0.3, 0.4) is 0 Å². The number of hydrogen-bond acceptors (Lipinski definition) is 1. The lowest BCUT2D eigenvalue weighted by molar-refractivity contribution is 0.670. The van der Waals surface area contributed by atoms with Crippen LogP contribution in [-0.2, 0) is 0 Å². The molecule has 0 aliphatic carbocycles. The third-order valence-electron chi connectivity index (χ3n) is 11.3. The van der Waals surface area contributed by atoms with Crippen molar-refractivity contribution in [2.45, 2.75) is 0 Å². The van der Waals surface area contributed by atoms with Crippen LogP contribution in [0.15, 0.2) is 174 Å².